The average Bonchev–Trinajstić information content (AvgIpc) is 3.14. The highest BCUT2D eigenvalue weighted by Gasteiger charge is 2.14. The fourth-order valence-corrected chi connectivity index (χ4v) is 3.28. The molecule has 0 aliphatic rings. The zero-order chi connectivity index (χ0) is 20.6. The maximum Gasteiger partial charge on any atom is 0.387 e. The van der Waals surface area contributed by atoms with Gasteiger partial charge in [0.1, 0.15) is 5.01 Å². The predicted octanol–water partition coefficient (Wildman–Crippen LogP) is 4.39. The van der Waals surface area contributed by atoms with E-state index in [4.69, 9.17) is 4.74 Å². The standard InChI is InChI=1S/C20H17F2N3O3S/c1-27-15-9-5-8-14(18(15)28-19(21)22)10-11-16(26)23-20-25-24-17(29-20)12-13-6-3-2-4-7-13/h2-11,19H,12H2,1H3,(H,23,25,26)/b11-10+. The number of aromatic nitrogens is 2. The van der Waals surface area contributed by atoms with Crippen molar-refractivity contribution in [2.24, 2.45) is 0 Å². The summed E-state index contributed by atoms with van der Waals surface area (Å²) >= 11 is 1.26. The summed E-state index contributed by atoms with van der Waals surface area (Å²) in [5.74, 6) is -0.476. The zero-order valence-corrected chi connectivity index (χ0v) is 16.2. The van der Waals surface area contributed by atoms with Gasteiger partial charge in [-0.2, -0.15) is 8.78 Å². The van der Waals surface area contributed by atoms with Gasteiger partial charge in [-0.15, -0.1) is 10.2 Å². The van der Waals surface area contributed by atoms with Crippen molar-refractivity contribution in [3.8, 4) is 11.5 Å². The summed E-state index contributed by atoms with van der Waals surface area (Å²) in [7, 11) is 1.34. The minimum absolute atomic E-state index is 0.141. The number of rotatable bonds is 8. The molecule has 1 heterocycles. The second-order valence-electron chi connectivity index (χ2n) is 5.74. The predicted molar refractivity (Wildman–Crippen MR) is 106 cm³/mol. The number of halogens is 2. The molecule has 0 saturated heterocycles. The summed E-state index contributed by atoms with van der Waals surface area (Å²) in [5, 5.41) is 11.7. The van der Waals surface area contributed by atoms with E-state index < -0.39 is 12.5 Å². The van der Waals surface area contributed by atoms with Crippen molar-refractivity contribution in [3.05, 3.63) is 70.7 Å². The Morgan fingerprint density at radius 3 is 2.69 bits per heavy atom. The smallest absolute Gasteiger partial charge is 0.387 e. The highest BCUT2D eigenvalue weighted by molar-refractivity contribution is 7.15. The van der Waals surface area contributed by atoms with Gasteiger partial charge in [-0.1, -0.05) is 53.8 Å². The lowest BCUT2D eigenvalue weighted by Gasteiger charge is -2.12. The molecule has 1 amide bonds. The van der Waals surface area contributed by atoms with Gasteiger partial charge in [0, 0.05) is 18.1 Å². The number of hydrogen-bond donors (Lipinski definition) is 1. The summed E-state index contributed by atoms with van der Waals surface area (Å²) in [4.78, 5) is 12.2. The van der Waals surface area contributed by atoms with E-state index in [1.54, 1.807) is 6.07 Å². The zero-order valence-electron chi connectivity index (χ0n) is 15.3. The Bertz CT molecular complexity index is 994. The molecule has 0 saturated carbocycles. The van der Waals surface area contributed by atoms with E-state index in [0.29, 0.717) is 11.6 Å². The van der Waals surface area contributed by atoms with Crippen LogP contribution in [-0.4, -0.2) is 29.8 Å². The van der Waals surface area contributed by atoms with Crippen molar-refractivity contribution < 1.29 is 23.0 Å². The molecule has 0 unspecified atom stereocenters. The van der Waals surface area contributed by atoms with E-state index in [-0.39, 0.29) is 17.1 Å². The molecule has 0 radical (unpaired) electrons. The number of anilines is 1. The quantitative estimate of drug-likeness (QED) is 0.551. The molecule has 1 aromatic heterocycles. The van der Waals surface area contributed by atoms with Crippen molar-refractivity contribution in [3.63, 3.8) is 0 Å². The first kappa shape index (κ1) is 20.4. The number of benzene rings is 2. The number of carbonyl (C=O) groups is 1. The number of amides is 1. The fourth-order valence-electron chi connectivity index (χ4n) is 2.50. The van der Waals surface area contributed by atoms with Gasteiger partial charge < -0.3 is 9.47 Å². The monoisotopic (exact) mass is 417 g/mol. The molecule has 0 aliphatic carbocycles. The largest absolute Gasteiger partial charge is 0.493 e. The van der Waals surface area contributed by atoms with Crippen LogP contribution in [0.3, 0.4) is 0 Å². The topological polar surface area (TPSA) is 73.3 Å². The first-order valence-corrected chi connectivity index (χ1v) is 9.34. The highest BCUT2D eigenvalue weighted by Crippen LogP contribution is 2.33. The molecule has 1 N–H and O–H groups in total. The van der Waals surface area contributed by atoms with E-state index in [9.17, 15) is 13.6 Å². The first-order valence-electron chi connectivity index (χ1n) is 8.52. The minimum Gasteiger partial charge on any atom is -0.493 e. The van der Waals surface area contributed by atoms with Gasteiger partial charge in [0.2, 0.25) is 11.0 Å². The minimum atomic E-state index is -3.02. The van der Waals surface area contributed by atoms with Crippen LogP contribution in [0.4, 0.5) is 13.9 Å². The van der Waals surface area contributed by atoms with Crippen LogP contribution in [0.5, 0.6) is 11.5 Å². The van der Waals surface area contributed by atoms with Gasteiger partial charge in [-0.3, -0.25) is 10.1 Å². The second-order valence-corrected chi connectivity index (χ2v) is 6.81. The Morgan fingerprint density at radius 1 is 1.17 bits per heavy atom. The fraction of sp³-hybridized carbons (Fsp3) is 0.150. The summed E-state index contributed by atoms with van der Waals surface area (Å²) in [5.41, 5.74) is 1.37. The summed E-state index contributed by atoms with van der Waals surface area (Å²) in [6.07, 6.45) is 3.18. The molecule has 3 aromatic rings. The molecule has 0 spiro atoms. The van der Waals surface area contributed by atoms with Crippen LogP contribution in [0, 0.1) is 0 Å². The second kappa shape index (κ2) is 9.74. The van der Waals surface area contributed by atoms with Gasteiger partial charge in [0.15, 0.2) is 11.5 Å². The van der Waals surface area contributed by atoms with Gasteiger partial charge in [0.25, 0.3) is 0 Å². The maximum absolute atomic E-state index is 12.7. The normalized spacial score (nSPS) is 11.0. The molecule has 9 heteroatoms. The van der Waals surface area contributed by atoms with Gasteiger partial charge in [-0.25, -0.2) is 0 Å². The number of methoxy groups -OCH3 is 1. The molecule has 29 heavy (non-hydrogen) atoms. The Hall–Kier alpha value is -3.33. The molecule has 2 aromatic carbocycles. The number of hydrogen-bond acceptors (Lipinski definition) is 6. The molecular formula is C20H17F2N3O3S. The van der Waals surface area contributed by atoms with Crippen molar-refractivity contribution in [2.75, 3.05) is 12.4 Å². The van der Waals surface area contributed by atoms with Crippen LogP contribution in [0.25, 0.3) is 6.08 Å². The van der Waals surface area contributed by atoms with Crippen molar-refractivity contribution in [1.29, 1.82) is 0 Å². The summed E-state index contributed by atoms with van der Waals surface area (Å²) in [6, 6.07) is 14.4. The molecule has 0 bridgehead atoms. The van der Waals surface area contributed by atoms with Crippen LogP contribution >= 0.6 is 11.3 Å². The molecule has 0 aliphatic heterocycles. The third-order valence-corrected chi connectivity index (χ3v) is 4.58. The lowest BCUT2D eigenvalue weighted by molar-refractivity contribution is -0.111. The lowest BCUT2D eigenvalue weighted by Crippen LogP contribution is -2.08. The third-order valence-electron chi connectivity index (χ3n) is 3.75. The van der Waals surface area contributed by atoms with E-state index >= 15 is 0 Å². The van der Waals surface area contributed by atoms with Gasteiger partial charge >= 0.3 is 6.61 Å². The summed E-state index contributed by atoms with van der Waals surface area (Å²) in [6.45, 7) is -3.02. The molecule has 6 nitrogen and oxygen atoms in total. The molecule has 3 rings (SSSR count). The van der Waals surface area contributed by atoms with Crippen molar-refractivity contribution >= 4 is 28.5 Å². The SMILES string of the molecule is COc1cccc(/C=C/C(=O)Nc2nnc(Cc3ccccc3)s2)c1OC(F)F. The molecule has 0 fully saturated rings. The lowest BCUT2D eigenvalue weighted by atomic mass is 10.1. The van der Waals surface area contributed by atoms with E-state index in [1.165, 1.54) is 42.7 Å². The Kier molecular flexibility index (Phi) is 6.85. The third kappa shape index (κ3) is 5.82. The number of carbonyl (C=O) groups excluding carboxylic acids is 1. The molecule has 150 valence electrons. The van der Waals surface area contributed by atoms with Crippen molar-refractivity contribution in [2.45, 2.75) is 13.0 Å². The maximum atomic E-state index is 12.7. The van der Waals surface area contributed by atoms with Crippen LogP contribution in [0.1, 0.15) is 16.1 Å². The number of alkyl halides is 2. The van der Waals surface area contributed by atoms with E-state index in [2.05, 4.69) is 20.3 Å². The van der Waals surface area contributed by atoms with Gasteiger partial charge in [-0.05, 0) is 17.7 Å². The van der Waals surface area contributed by atoms with Crippen LogP contribution in [0.15, 0.2) is 54.6 Å². The van der Waals surface area contributed by atoms with E-state index in [1.807, 2.05) is 30.3 Å². The summed E-state index contributed by atoms with van der Waals surface area (Å²) < 4.78 is 34.9. The van der Waals surface area contributed by atoms with Crippen LogP contribution in [0.2, 0.25) is 0 Å². The van der Waals surface area contributed by atoms with Crippen LogP contribution < -0.4 is 14.8 Å². The molecule has 0 atom stereocenters. The Labute approximate surface area is 169 Å². The van der Waals surface area contributed by atoms with E-state index in [0.717, 1.165) is 10.6 Å². The highest BCUT2D eigenvalue weighted by atomic mass is 32.1. The Morgan fingerprint density at radius 2 is 1.97 bits per heavy atom. The number of nitrogens with one attached hydrogen (secondary N) is 1. The number of para-hydroxylation sites is 1. The average molecular weight is 417 g/mol. The van der Waals surface area contributed by atoms with Crippen LogP contribution in [-0.2, 0) is 11.2 Å². The first-order chi connectivity index (χ1) is 14.0. The number of ether oxygens (including phenoxy) is 2. The Balaban J connectivity index is 1.66. The van der Waals surface area contributed by atoms with Crippen molar-refractivity contribution in [1.82, 2.24) is 10.2 Å². The number of nitrogens with zero attached hydrogens (tertiary/aromatic N) is 2. The van der Waals surface area contributed by atoms with Gasteiger partial charge in [0.05, 0.1) is 7.11 Å². The molecular weight excluding hydrogens is 400 g/mol.